The standard InChI is InChI=1S/C17H16ClN3O3/c1-9(4-10-5-11(18)2-3-16(10)22)12-7-19-14-6-15(17(23)21-24)20-8-13(12)14/h2-3,5-9,19,22,24H,4H2,1H3,(H,21,23). The first kappa shape index (κ1) is 16.3. The van der Waals surface area contributed by atoms with Gasteiger partial charge in [0.05, 0.1) is 0 Å². The lowest BCUT2D eigenvalue weighted by atomic mass is 9.93. The van der Waals surface area contributed by atoms with Gasteiger partial charge in [-0.1, -0.05) is 18.5 Å². The highest BCUT2D eigenvalue weighted by Gasteiger charge is 2.16. The monoisotopic (exact) mass is 345 g/mol. The number of phenols is 1. The lowest BCUT2D eigenvalue weighted by Crippen LogP contribution is -2.19. The number of hydrogen-bond donors (Lipinski definition) is 4. The molecule has 0 fully saturated rings. The van der Waals surface area contributed by atoms with E-state index in [1.807, 2.05) is 13.1 Å². The third-order valence-corrected chi connectivity index (χ3v) is 4.27. The Morgan fingerprint density at radius 1 is 1.42 bits per heavy atom. The number of H-pyrrole nitrogens is 1. The first-order valence-electron chi connectivity index (χ1n) is 7.38. The summed E-state index contributed by atoms with van der Waals surface area (Å²) < 4.78 is 0. The van der Waals surface area contributed by atoms with Crippen LogP contribution in [0.3, 0.4) is 0 Å². The molecule has 3 rings (SSSR count). The van der Waals surface area contributed by atoms with E-state index in [0.29, 0.717) is 11.4 Å². The number of halogens is 1. The number of hydrogen-bond acceptors (Lipinski definition) is 4. The summed E-state index contributed by atoms with van der Waals surface area (Å²) >= 11 is 6.00. The molecular weight excluding hydrogens is 330 g/mol. The molecule has 0 aliphatic carbocycles. The number of nitrogens with zero attached hydrogens (tertiary/aromatic N) is 1. The molecule has 24 heavy (non-hydrogen) atoms. The SMILES string of the molecule is CC(Cc1cc(Cl)ccc1O)c1c[nH]c2cc(C(=O)NO)ncc12. The predicted octanol–water partition coefficient (Wildman–Crippen LogP) is 3.39. The van der Waals surface area contributed by atoms with Crippen LogP contribution in [0.2, 0.25) is 5.02 Å². The van der Waals surface area contributed by atoms with E-state index >= 15 is 0 Å². The molecule has 0 aliphatic rings. The van der Waals surface area contributed by atoms with Gasteiger partial charge in [-0.05, 0) is 47.7 Å². The number of benzene rings is 1. The maximum atomic E-state index is 11.4. The topological polar surface area (TPSA) is 98.2 Å². The Bertz CT molecular complexity index is 907. The summed E-state index contributed by atoms with van der Waals surface area (Å²) in [6.07, 6.45) is 4.07. The van der Waals surface area contributed by atoms with E-state index in [9.17, 15) is 9.90 Å². The number of pyridine rings is 1. The number of aromatic hydroxyl groups is 1. The summed E-state index contributed by atoms with van der Waals surface area (Å²) in [4.78, 5) is 18.6. The van der Waals surface area contributed by atoms with Crippen molar-refractivity contribution in [3.63, 3.8) is 0 Å². The summed E-state index contributed by atoms with van der Waals surface area (Å²) in [6, 6.07) is 6.56. The first-order chi connectivity index (χ1) is 11.5. The van der Waals surface area contributed by atoms with E-state index < -0.39 is 5.91 Å². The second kappa shape index (κ2) is 6.51. The van der Waals surface area contributed by atoms with E-state index in [1.54, 1.807) is 35.9 Å². The smallest absolute Gasteiger partial charge is 0.293 e. The van der Waals surface area contributed by atoms with Crippen LogP contribution in [0.25, 0.3) is 10.9 Å². The highest BCUT2D eigenvalue weighted by Crippen LogP contribution is 2.31. The zero-order chi connectivity index (χ0) is 17.3. The summed E-state index contributed by atoms with van der Waals surface area (Å²) in [5.74, 6) is -0.349. The molecule has 2 heterocycles. The van der Waals surface area contributed by atoms with Crippen LogP contribution in [0.5, 0.6) is 5.75 Å². The number of carbonyl (C=O) groups is 1. The predicted molar refractivity (Wildman–Crippen MR) is 90.6 cm³/mol. The molecule has 0 spiro atoms. The van der Waals surface area contributed by atoms with Crippen molar-refractivity contribution in [1.29, 1.82) is 0 Å². The molecule has 3 aromatic rings. The lowest BCUT2D eigenvalue weighted by Gasteiger charge is -2.12. The average molecular weight is 346 g/mol. The molecule has 1 atom stereocenters. The third-order valence-electron chi connectivity index (χ3n) is 4.03. The third kappa shape index (κ3) is 3.06. The molecule has 1 unspecified atom stereocenters. The van der Waals surface area contributed by atoms with Crippen molar-refractivity contribution in [2.75, 3.05) is 0 Å². The maximum absolute atomic E-state index is 11.4. The highest BCUT2D eigenvalue weighted by atomic mass is 35.5. The molecule has 0 aliphatic heterocycles. The normalized spacial score (nSPS) is 12.3. The Kier molecular flexibility index (Phi) is 4.42. The van der Waals surface area contributed by atoms with Crippen molar-refractivity contribution >= 4 is 28.4 Å². The Hall–Kier alpha value is -2.57. The van der Waals surface area contributed by atoms with Gasteiger partial charge in [-0.15, -0.1) is 0 Å². The van der Waals surface area contributed by atoms with Crippen molar-refractivity contribution in [1.82, 2.24) is 15.4 Å². The summed E-state index contributed by atoms with van der Waals surface area (Å²) in [7, 11) is 0. The van der Waals surface area contributed by atoms with Crippen LogP contribution < -0.4 is 5.48 Å². The van der Waals surface area contributed by atoms with E-state index in [4.69, 9.17) is 16.8 Å². The Morgan fingerprint density at radius 3 is 2.96 bits per heavy atom. The van der Waals surface area contributed by atoms with Gasteiger partial charge in [0.25, 0.3) is 5.91 Å². The number of phenolic OH excluding ortho intramolecular Hbond substituents is 1. The first-order valence-corrected chi connectivity index (χ1v) is 7.76. The minimum Gasteiger partial charge on any atom is -0.508 e. The van der Waals surface area contributed by atoms with E-state index in [2.05, 4.69) is 9.97 Å². The molecular formula is C17H16ClN3O3. The van der Waals surface area contributed by atoms with Gasteiger partial charge in [0, 0.05) is 28.3 Å². The minimum absolute atomic E-state index is 0.0995. The van der Waals surface area contributed by atoms with Crippen molar-refractivity contribution in [3.05, 3.63) is 58.5 Å². The van der Waals surface area contributed by atoms with Gasteiger partial charge < -0.3 is 10.1 Å². The van der Waals surface area contributed by atoms with E-state index in [1.165, 1.54) is 0 Å². The summed E-state index contributed by atoms with van der Waals surface area (Å²) in [5.41, 5.74) is 4.23. The van der Waals surface area contributed by atoms with Gasteiger partial charge in [0.2, 0.25) is 0 Å². The minimum atomic E-state index is -0.662. The van der Waals surface area contributed by atoms with E-state index in [0.717, 1.165) is 22.0 Å². The summed E-state index contributed by atoms with van der Waals surface area (Å²) in [6.45, 7) is 2.04. The van der Waals surface area contributed by atoms with Gasteiger partial charge in [0.1, 0.15) is 11.4 Å². The number of nitrogens with one attached hydrogen (secondary N) is 2. The van der Waals surface area contributed by atoms with Crippen LogP contribution in [0, 0.1) is 0 Å². The molecule has 7 heteroatoms. The lowest BCUT2D eigenvalue weighted by molar-refractivity contribution is 0.0701. The number of aromatic nitrogens is 2. The quantitative estimate of drug-likeness (QED) is 0.430. The Balaban J connectivity index is 1.91. The van der Waals surface area contributed by atoms with Crippen LogP contribution in [0.1, 0.15) is 34.5 Å². The zero-order valence-corrected chi connectivity index (χ0v) is 13.6. The number of hydroxylamine groups is 1. The molecule has 0 saturated heterocycles. The van der Waals surface area contributed by atoms with E-state index in [-0.39, 0.29) is 17.4 Å². The molecule has 1 amide bonds. The van der Waals surface area contributed by atoms with Crippen molar-refractivity contribution < 1.29 is 15.1 Å². The van der Waals surface area contributed by atoms with Crippen LogP contribution in [-0.4, -0.2) is 26.2 Å². The molecule has 124 valence electrons. The highest BCUT2D eigenvalue weighted by molar-refractivity contribution is 6.30. The Labute approximate surface area is 143 Å². The molecule has 0 saturated carbocycles. The van der Waals surface area contributed by atoms with Gasteiger partial charge in [-0.3, -0.25) is 15.0 Å². The number of rotatable bonds is 4. The Morgan fingerprint density at radius 2 is 2.21 bits per heavy atom. The van der Waals surface area contributed by atoms with Crippen molar-refractivity contribution in [2.45, 2.75) is 19.3 Å². The summed E-state index contributed by atoms with van der Waals surface area (Å²) in [5, 5.41) is 20.1. The second-order valence-electron chi connectivity index (χ2n) is 5.68. The van der Waals surface area contributed by atoms with Crippen LogP contribution >= 0.6 is 11.6 Å². The molecule has 0 radical (unpaired) electrons. The number of fused-ring (bicyclic) bond motifs is 1. The molecule has 2 aromatic heterocycles. The van der Waals surface area contributed by atoms with Gasteiger partial charge in [-0.25, -0.2) is 5.48 Å². The van der Waals surface area contributed by atoms with Gasteiger partial charge >= 0.3 is 0 Å². The largest absolute Gasteiger partial charge is 0.508 e. The van der Waals surface area contributed by atoms with Crippen molar-refractivity contribution in [2.24, 2.45) is 0 Å². The van der Waals surface area contributed by atoms with Crippen LogP contribution in [0.4, 0.5) is 0 Å². The molecule has 1 aromatic carbocycles. The number of aromatic amines is 1. The maximum Gasteiger partial charge on any atom is 0.293 e. The molecule has 4 N–H and O–H groups in total. The second-order valence-corrected chi connectivity index (χ2v) is 6.11. The fourth-order valence-electron chi connectivity index (χ4n) is 2.78. The molecule has 0 bridgehead atoms. The zero-order valence-electron chi connectivity index (χ0n) is 12.9. The fraction of sp³-hybridized carbons (Fsp3) is 0.176. The van der Waals surface area contributed by atoms with Crippen LogP contribution in [-0.2, 0) is 6.42 Å². The van der Waals surface area contributed by atoms with Crippen LogP contribution in [0.15, 0.2) is 36.7 Å². The average Bonchev–Trinajstić information content (AvgIpc) is 3.00. The number of amides is 1. The molecule has 6 nitrogen and oxygen atoms in total. The van der Waals surface area contributed by atoms with Crippen molar-refractivity contribution in [3.8, 4) is 5.75 Å². The van der Waals surface area contributed by atoms with Gasteiger partial charge in [-0.2, -0.15) is 0 Å². The van der Waals surface area contributed by atoms with Gasteiger partial charge in [0.15, 0.2) is 0 Å². The number of carbonyl (C=O) groups excluding carboxylic acids is 1. The fourth-order valence-corrected chi connectivity index (χ4v) is 2.98.